The van der Waals surface area contributed by atoms with E-state index in [1.54, 1.807) is 0 Å². The van der Waals surface area contributed by atoms with Crippen LogP contribution in [0.25, 0.3) is 0 Å². The van der Waals surface area contributed by atoms with Gasteiger partial charge in [-0.25, -0.2) is 7.23 Å². The number of halogens is 1. The molecule has 0 heterocycles. The van der Waals surface area contributed by atoms with Crippen LogP contribution in [-0.4, -0.2) is 22.0 Å². The molecule has 0 aliphatic rings. The van der Waals surface area contributed by atoms with Gasteiger partial charge in [-0.3, -0.25) is 0 Å². The Kier molecular flexibility index (Phi) is 17.1. The van der Waals surface area contributed by atoms with Gasteiger partial charge in [-0.05, 0) is 0 Å². The summed E-state index contributed by atoms with van der Waals surface area (Å²) in [6, 6.07) is 0. The highest BCUT2D eigenvalue weighted by molar-refractivity contribution is 7.66. The molecule has 1 unspecified atom stereocenters. The number of hydrogen-bond acceptors (Lipinski definition) is 0. The molecular weight excluding hydrogens is 117 g/mol. The van der Waals surface area contributed by atoms with Gasteiger partial charge in [0.1, 0.15) is 0 Å². The van der Waals surface area contributed by atoms with Gasteiger partial charge in [0.25, 0.3) is 0 Å². The quantitative estimate of drug-likeness (QED) is 0.364. The Morgan fingerprint density at radius 1 is 1.80 bits per heavy atom. The first-order valence-corrected chi connectivity index (χ1v) is 4.37. The maximum atomic E-state index is 2.68. The Balaban J connectivity index is 0. The fourth-order valence-corrected chi connectivity index (χ4v) is 0. The van der Waals surface area contributed by atoms with Crippen LogP contribution in [0.15, 0.2) is 0 Å². The van der Waals surface area contributed by atoms with Gasteiger partial charge in [0.05, 0.1) is 0 Å². The highest BCUT2D eigenvalue weighted by Gasteiger charge is 1.54. The Morgan fingerprint density at radius 3 is 2.00 bits per heavy atom. The summed E-state index contributed by atoms with van der Waals surface area (Å²) in [4.78, 5) is 0. The highest BCUT2D eigenvalue weighted by atomic mass is 35.5. The van der Waals surface area contributed by atoms with Gasteiger partial charge < -0.3 is 0 Å². The summed E-state index contributed by atoms with van der Waals surface area (Å²) in [5, 5.41) is 0. The summed E-state index contributed by atoms with van der Waals surface area (Å²) >= 11 is 2.68. The van der Waals surface area contributed by atoms with Gasteiger partial charge in [0.15, 0.2) is 15.8 Å². The minimum absolute atomic E-state index is 0. The fourth-order valence-electron chi connectivity index (χ4n) is 0. The molecule has 0 bridgehead atoms. The summed E-state index contributed by atoms with van der Waals surface area (Å²) in [5.41, 5.74) is 0. The van der Waals surface area contributed by atoms with E-state index in [-0.39, 0.29) is 12.4 Å². The minimum atomic E-state index is 0. The average molecular weight is 124 g/mol. The normalized spacial score (nSPS) is 8.20. The third kappa shape index (κ3) is 11.0. The zero-order valence-corrected chi connectivity index (χ0v) is 6.16. The Labute approximate surface area is 48.9 Å². The molecule has 0 amide bonds. The molecule has 3 heteroatoms. The minimum Gasteiger partial charge on any atom is -0.215 e. The van der Waals surface area contributed by atoms with Gasteiger partial charge in [-0.15, -0.1) is 12.4 Å². The first kappa shape index (κ1) is 9.54. The molecule has 0 aromatic rings. The Morgan fingerprint density at radius 2 is 2.00 bits per heavy atom. The second-order valence-corrected chi connectivity index (χ2v) is 2.90. The molecule has 0 aromatic heterocycles. The predicted molar refractivity (Wildman–Crippen MR) is 31.9 cm³/mol. The van der Waals surface area contributed by atoms with Crippen molar-refractivity contribution in [3.8, 4) is 0 Å². The molecule has 0 fully saturated rings. The van der Waals surface area contributed by atoms with Gasteiger partial charge in [-0.2, -0.15) is 0 Å². The lowest BCUT2D eigenvalue weighted by molar-refractivity contribution is 1.53. The van der Waals surface area contributed by atoms with E-state index >= 15 is 0 Å². The van der Waals surface area contributed by atoms with E-state index in [1.807, 2.05) is 0 Å². The van der Waals surface area contributed by atoms with E-state index in [9.17, 15) is 0 Å². The maximum absolute atomic E-state index is 2.68. The standard InChI is InChI=1S/C2H6P.Al.ClH/c1-2-3;;/h3H,2H2,1H3;;1H/q-1;+1;. The van der Waals surface area contributed by atoms with Gasteiger partial charge >= 0.3 is 0 Å². The van der Waals surface area contributed by atoms with Crippen molar-refractivity contribution in [3.05, 3.63) is 0 Å². The average Bonchev–Trinajstić information content (AvgIpc) is 1.37. The third-order valence-electron chi connectivity index (χ3n) is 0.204. The van der Waals surface area contributed by atoms with Crippen LogP contribution < -0.4 is 0 Å². The zero-order chi connectivity index (χ0) is 3.41. The van der Waals surface area contributed by atoms with Gasteiger partial charge in [0.2, 0.25) is 0 Å². The van der Waals surface area contributed by atoms with Crippen molar-refractivity contribution in [1.29, 1.82) is 0 Å². The fraction of sp³-hybridized carbons (Fsp3) is 1.00. The predicted octanol–water partition coefficient (Wildman–Crippen LogP) is 1.19. The molecule has 0 saturated heterocycles. The smallest absolute Gasteiger partial charge is 0.165 e. The third-order valence-corrected chi connectivity index (χ3v) is 1.84. The van der Waals surface area contributed by atoms with Crippen molar-refractivity contribution >= 4 is 35.5 Å². The second kappa shape index (κ2) is 8.98. The van der Waals surface area contributed by atoms with Crippen molar-refractivity contribution in [1.82, 2.24) is 0 Å². The highest BCUT2D eigenvalue weighted by Crippen LogP contribution is 1.93. The summed E-state index contributed by atoms with van der Waals surface area (Å²) in [6.45, 7) is 2.17. The van der Waals surface area contributed by atoms with E-state index in [0.29, 0.717) is 0 Å². The molecule has 0 spiro atoms. The Hall–Kier alpha value is 1.25. The van der Waals surface area contributed by atoms with Crippen LogP contribution in [0.4, 0.5) is 0 Å². The van der Waals surface area contributed by atoms with E-state index in [4.69, 9.17) is 0 Å². The molecule has 0 aromatic carbocycles. The van der Waals surface area contributed by atoms with E-state index in [1.165, 1.54) is 6.16 Å². The molecule has 0 nitrogen and oxygen atoms in total. The van der Waals surface area contributed by atoms with Crippen LogP contribution in [-0.2, 0) is 0 Å². The van der Waals surface area contributed by atoms with Crippen molar-refractivity contribution in [3.63, 3.8) is 0 Å². The SMILES string of the molecule is CC[PH][Al].Cl. The van der Waals surface area contributed by atoms with Crippen LogP contribution in [0.5, 0.6) is 0 Å². The first-order valence-electron chi connectivity index (χ1n) is 1.35. The summed E-state index contributed by atoms with van der Waals surface area (Å²) in [7, 11) is 1.06. The first-order chi connectivity index (χ1) is 1.91. The van der Waals surface area contributed by atoms with Crippen LogP contribution in [0.2, 0.25) is 0 Å². The molecule has 0 N–H and O–H groups in total. The molecule has 0 rings (SSSR count). The van der Waals surface area contributed by atoms with E-state index in [2.05, 4.69) is 22.8 Å². The molecule has 0 aliphatic carbocycles. The van der Waals surface area contributed by atoms with Crippen LogP contribution in [0.3, 0.4) is 0 Å². The number of rotatable bonds is 1. The van der Waals surface area contributed by atoms with Gasteiger partial charge in [0, 0.05) is 0 Å². The molecular formula is C2H7AlClP. The summed E-state index contributed by atoms with van der Waals surface area (Å²) < 4.78 is 0. The van der Waals surface area contributed by atoms with Crippen molar-refractivity contribution < 1.29 is 0 Å². The molecule has 2 radical (unpaired) electrons. The van der Waals surface area contributed by atoms with Crippen LogP contribution in [0, 0.1) is 0 Å². The summed E-state index contributed by atoms with van der Waals surface area (Å²) in [5.74, 6) is 0. The lowest BCUT2D eigenvalue weighted by Gasteiger charge is -1.71. The molecule has 1 atom stereocenters. The Bertz CT molecular complexity index is 11.6. The second-order valence-electron chi connectivity index (χ2n) is 0.558. The molecule has 5 heavy (non-hydrogen) atoms. The molecule has 30 valence electrons. The topological polar surface area (TPSA) is 0 Å². The van der Waals surface area contributed by atoms with E-state index in [0.717, 1.165) is 7.23 Å². The zero-order valence-electron chi connectivity index (χ0n) is 3.19. The molecule has 0 saturated carbocycles. The monoisotopic (exact) mass is 124 g/mol. The van der Waals surface area contributed by atoms with Gasteiger partial charge in [-0.1, -0.05) is 13.1 Å². The van der Waals surface area contributed by atoms with E-state index < -0.39 is 0 Å². The maximum Gasteiger partial charge on any atom is 0.165 e. The van der Waals surface area contributed by atoms with Crippen molar-refractivity contribution in [2.75, 3.05) is 6.16 Å². The van der Waals surface area contributed by atoms with Crippen molar-refractivity contribution in [2.24, 2.45) is 0 Å². The number of hydrogen-bond donors (Lipinski definition) is 0. The largest absolute Gasteiger partial charge is 0.215 e. The lowest BCUT2D eigenvalue weighted by atomic mass is 11.0. The summed E-state index contributed by atoms with van der Waals surface area (Å²) in [6.07, 6.45) is 1.31. The molecule has 0 aliphatic heterocycles. The van der Waals surface area contributed by atoms with Crippen molar-refractivity contribution in [2.45, 2.75) is 6.92 Å². The lowest BCUT2D eigenvalue weighted by Crippen LogP contribution is -1.50. The van der Waals surface area contributed by atoms with Crippen LogP contribution in [0.1, 0.15) is 6.92 Å². The van der Waals surface area contributed by atoms with Crippen LogP contribution >= 0.6 is 19.6 Å².